The molecule has 0 aromatic heterocycles. The fraction of sp³-hybridized carbons (Fsp3) is 0.385. The summed E-state index contributed by atoms with van der Waals surface area (Å²) >= 11 is 0. The zero-order chi connectivity index (χ0) is 15.3. The van der Waals surface area contributed by atoms with Crippen molar-refractivity contribution < 1.29 is 19.2 Å². The summed E-state index contributed by atoms with van der Waals surface area (Å²) in [6.45, 7) is 5.10. The van der Waals surface area contributed by atoms with Gasteiger partial charge < -0.3 is 10.1 Å². The molecule has 0 saturated heterocycles. The molecule has 0 unspecified atom stereocenters. The molecule has 0 heterocycles. The summed E-state index contributed by atoms with van der Waals surface area (Å²) < 4.78 is 5.14. The molecular formula is C13H16N2O5. The van der Waals surface area contributed by atoms with Crippen LogP contribution in [0.5, 0.6) is 5.75 Å². The Bertz CT molecular complexity index is 534. The van der Waals surface area contributed by atoms with E-state index < -0.39 is 10.5 Å². The van der Waals surface area contributed by atoms with Gasteiger partial charge in [-0.1, -0.05) is 0 Å². The van der Waals surface area contributed by atoms with E-state index in [-0.39, 0.29) is 29.5 Å². The van der Waals surface area contributed by atoms with Crippen LogP contribution in [0.25, 0.3) is 0 Å². The number of hydrogen-bond donors (Lipinski definition) is 1. The molecule has 0 saturated carbocycles. The third-order valence-electron chi connectivity index (χ3n) is 2.19. The second kappa shape index (κ2) is 6.14. The van der Waals surface area contributed by atoms with Gasteiger partial charge in [-0.25, -0.2) is 0 Å². The van der Waals surface area contributed by atoms with Gasteiger partial charge in [0.2, 0.25) is 0 Å². The van der Waals surface area contributed by atoms with Gasteiger partial charge in [0.05, 0.1) is 4.92 Å². The number of carbonyl (C=O) groups is 2. The number of nitrogens with one attached hydrogen (secondary N) is 1. The van der Waals surface area contributed by atoms with Crippen molar-refractivity contribution in [3.8, 4) is 5.75 Å². The highest BCUT2D eigenvalue weighted by Gasteiger charge is 2.18. The van der Waals surface area contributed by atoms with Crippen molar-refractivity contribution in [3.05, 3.63) is 33.9 Å². The van der Waals surface area contributed by atoms with Gasteiger partial charge in [-0.15, -0.1) is 0 Å². The topological polar surface area (TPSA) is 98.5 Å². The summed E-state index contributed by atoms with van der Waals surface area (Å²) in [5.74, 6) is -0.434. The zero-order valence-corrected chi connectivity index (χ0v) is 11.5. The van der Waals surface area contributed by atoms with Gasteiger partial charge in [0.1, 0.15) is 6.29 Å². The Balaban J connectivity index is 2.80. The molecule has 1 aromatic rings. The van der Waals surface area contributed by atoms with Crippen LogP contribution in [0.2, 0.25) is 0 Å². The van der Waals surface area contributed by atoms with E-state index in [0.717, 1.165) is 6.07 Å². The fourth-order valence-electron chi connectivity index (χ4n) is 1.47. The Morgan fingerprint density at radius 3 is 2.60 bits per heavy atom. The number of aldehydes is 1. The standard InChI is InChI=1S/C13H16N2O5/c1-13(2,3)14-12(17)8-20-11-5-4-9(7-16)6-10(11)15(18)19/h4-7H,8H2,1-3H3,(H,14,17). The van der Waals surface area contributed by atoms with Crippen LogP contribution in [0.4, 0.5) is 5.69 Å². The first-order valence-corrected chi connectivity index (χ1v) is 5.90. The van der Waals surface area contributed by atoms with E-state index >= 15 is 0 Å². The number of nitrogens with zero attached hydrogens (tertiary/aromatic N) is 1. The quantitative estimate of drug-likeness (QED) is 0.503. The lowest BCUT2D eigenvalue weighted by atomic mass is 10.1. The van der Waals surface area contributed by atoms with Crippen LogP contribution in [0.3, 0.4) is 0 Å². The Morgan fingerprint density at radius 1 is 1.45 bits per heavy atom. The number of ether oxygens (including phenoxy) is 1. The highest BCUT2D eigenvalue weighted by atomic mass is 16.6. The number of amides is 1. The molecule has 0 spiro atoms. The molecule has 108 valence electrons. The monoisotopic (exact) mass is 280 g/mol. The van der Waals surface area contributed by atoms with Crippen molar-refractivity contribution in [1.82, 2.24) is 5.32 Å². The first kappa shape index (κ1) is 15.6. The first-order chi connectivity index (χ1) is 9.23. The lowest BCUT2D eigenvalue weighted by Gasteiger charge is -2.20. The number of nitro benzene ring substituents is 1. The van der Waals surface area contributed by atoms with E-state index in [1.807, 2.05) is 20.8 Å². The van der Waals surface area contributed by atoms with E-state index in [1.165, 1.54) is 12.1 Å². The summed E-state index contributed by atoms with van der Waals surface area (Å²) in [5, 5.41) is 13.5. The summed E-state index contributed by atoms with van der Waals surface area (Å²) in [7, 11) is 0. The molecule has 0 aliphatic carbocycles. The Kier molecular flexibility index (Phi) is 4.79. The maximum atomic E-state index is 11.6. The molecule has 0 radical (unpaired) electrons. The highest BCUT2D eigenvalue weighted by molar-refractivity contribution is 5.79. The van der Waals surface area contributed by atoms with Gasteiger partial charge in [0.25, 0.3) is 5.91 Å². The third-order valence-corrected chi connectivity index (χ3v) is 2.19. The van der Waals surface area contributed by atoms with E-state index in [2.05, 4.69) is 5.32 Å². The van der Waals surface area contributed by atoms with Crippen molar-refractivity contribution >= 4 is 17.9 Å². The van der Waals surface area contributed by atoms with E-state index in [1.54, 1.807) is 0 Å². The van der Waals surface area contributed by atoms with Gasteiger partial charge in [0.15, 0.2) is 12.4 Å². The number of carbonyl (C=O) groups excluding carboxylic acids is 2. The molecule has 1 N–H and O–H groups in total. The van der Waals surface area contributed by atoms with Crippen LogP contribution in [-0.2, 0) is 4.79 Å². The molecule has 0 aliphatic rings. The maximum Gasteiger partial charge on any atom is 0.311 e. The number of nitro groups is 1. The molecule has 1 aromatic carbocycles. The molecule has 0 atom stereocenters. The lowest BCUT2D eigenvalue weighted by Crippen LogP contribution is -2.43. The maximum absolute atomic E-state index is 11.6. The van der Waals surface area contributed by atoms with Crippen LogP contribution in [0, 0.1) is 10.1 Å². The SMILES string of the molecule is CC(C)(C)NC(=O)COc1ccc(C=O)cc1[N+](=O)[O-]. The third kappa shape index (κ3) is 4.68. The van der Waals surface area contributed by atoms with Gasteiger partial charge in [-0.3, -0.25) is 19.7 Å². The van der Waals surface area contributed by atoms with Crippen LogP contribution in [-0.4, -0.2) is 29.3 Å². The minimum Gasteiger partial charge on any atom is -0.477 e. The fourth-order valence-corrected chi connectivity index (χ4v) is 1.47. The van der Waals surface area contributed by atoms with Crippen LogP contribution >= 0.6 is 0 Å². The first-order valence-electron chi connectivity index (χ1n) is 5.90. The minimum atomic E-state index is -0.663. The molecule has 0 bridgehead atoms. The molecule has 7 nitrogen and oxygen atoms in total. The van der Waals surface area contributed by atoms with Crippen molar-refractivity contribution in [1.29, 1.82) is 0 Å². The molecular weight excluding hydrogens is 264 g/mol. The average molecular weight is 280 g/mol. The number of rotatable bonds is 5. The summed E-state index contributed by atoms with van der Waals surface area (Å²) in [5.41, 5.74) is -0.588. The molecule has 7 heteroatoms. The van der Waals surface area contributed by atoms with Crippen molar-refractivity contribution in [2.45, 2.75) is 26.3 Å². The smallest absolute Gasteiger partial charge is 0.311 e. The van der Waals surface area contributed by atoms with Crippen molar-refractivity contribution in [2.24, 2.45) is 0 Å². The second-order valence-corrected chi connectivity index (χ2v) is 5.19. The molecule has 1 rings (SSSR count). The van der Waals surface area contributed by atoms with Gasteiger partial charge in [-0.05, 0) is 32.9 Å². The van der Waals surface area contributed by atoms with E-state index in [4.69, 9.17) is 4.74 Å². The summed E-state index contributed by atoms with van der Waals surface area (Å²) in [6.07, 6.45) is 0.503. The predicted molar refractivity (Wildman–Crippen MR) is 71.9 cm³/mol. The van der Waals surface area contributed by atoms with Gasteiger partial charge in [-0.2, -0.15) is 0 Å². The predicted octanol–water partition coefficient (Wildman–Crippen LogP) is 1.70. The van der Waals surface area contributed by atoms with Crippen molar-refractivity contribution in [2.75, 3.05) is 6.61 Å². The molecule has 20 heavy (non-hydrogen) atoms. The average Bonchev–Trinajstić information content (AvgIpc) is 2.34. The van der Waals surface area contributed by atoms with Crippen LogP contribution in [0.1, 0.15) is 31.1 Å². The summed E-state index contributed by atoms with van der Waals surface area (Å²) in [4.78, 5) is 32.4. The number of benzene rings is 1. The normalized spacial score (nSPS) is 10.8. The minimum absolute atomic E-state index is 0.0512. The Hall–Kier alpha value is -2.44. The molecule has 0 aliphatic heterocycles. The lowest BCUT2D eigenvalue weighted by molar-refractivity contribution is -0.385. The highest BCUT2D eigenvalue weighted by Crippen LogP contribution is 2.27. The summed E-state index contributed by atoms with van der Waals surface area (Å²) in [6, 6.07) is 3.78. The zero-order valence-electron chi connectivity index (χ0n) is 11.5. The van der Waals surface area contributed by atoms with Gasteiger partial charge in [0, 0.05) is 17.2 Å². The van der Waals surface area contributed by atoms with Crippen LogP contribution in [0.15, 0.2) is 18.2 Å². The van der Waals surface area contributed by atoms with E-state index in [0.29, 0.717) is 6.29 Å². The Labute approximate surface area is 116 Å². The number of hydrogen-bond acceptors (Lipinski definition) is 5. The van der Waals surface area contributed by atoms with Crippen LogP contribution < -0.4 is 10.1 Å². The second-order valence-electron chi connectivity index (χ2n) is 5.19. The largest absolute Gasteiger partial charge is 0.477 e. The van der Waals surface area contributed by atoms with Crippen molar-refractivity contribution in [3.63, 3.8) is 0 Å². The van der Waals surface area contributed by atoms with Gasteiger partial charge >= 0.3 is 5.69 Å². The molecule has 1 amide bonds. The molecule has 0 fully saturated rings. The van der Waals surface area contributed by atoms with E-state index in [9.17, 15) is 19.7 Å². The Morgan fingerprint density at radius 2 is 2.10 bits per heavy atom.